The first-order chi connectivity index (χ1) is 16.7. The minimum atomic E-state index is -0.183. The number of rotatable bonds is 5. The van der Waals surface area contributed by atoms with Crippen LogP contribution in [0, 0.1) is 0 Å². The van der Waals surface area contributed by atoms with Crippen molar-refractivity contribution < 1.29 is 9.32 Å². The topological polar surface area (TPSA) is 111 Å². The minimum absolute atomic E-state index is 0.112. The second-order valence-corrected chi connectivity index (χ2v) is 7.69. The lowest BCUT2D eigenvalue weighted by molar-refractivity contribution is -0.115. The van der Waals surface area contributed by atoms with Gasteiger partial charge >= 0.3 is 0 Å². The molecule has 0 bridgehead atoms. The maximum absolute atomic E-state index is 12.7. The molecule has 0 saturated carbocycles. The Kier molecular flexibility index (Phi) is 4.77. The van der Waals surface area contributed by atoms with Crippen LogP contribution in [-0.4, -0.2) is 35.9 Å². The number of fused-ring (bicyclic) bond motifs is 2. The van der Waals surface area contributed by atoms with Crippen LogP contribution in [0.25, 0.3) is 39.3 Å². The van der Waals surface area contributed by atoms with Crippen molar-refractivity contribution in [3.63, 3.8) is 0 Å². The van der Waals surface area contributed by atoms with Crippen LogP contribution in [-0.2, 0) is 11.2 Å². The fraction of sp³-hybridized carbons (Fsp3) is 0.0400. The molecule has 4 heterocycles. The van der Waals surface area contributed by atoms with Gasteiger partial charge < -0.3 is 9.84 Å². The highest BCUT2D eigenvalue weighted by Crippen LogP contribution is 2.24. The Hall–Kier alpha value is -4.92. The Labute approximate surface area is 193 Å². The molecule has 4 aromatic heterocycles. The average molecular weight is 447 g/mol. The van der Waals surface area contributed by atoms with Crippen molar-refractivity contribution >= 4 is 28.2 Å². The van der Waals surface area contributed by atoms with Crippen molar-refractivity contribution in [3.8, 4) is 22.6 Å². The van der Waals surface area contributed by atoms with Gasteiger partial charge in [0, 0.05) is 34.6 Å². The van der Waals surface area contributed by atoms with Gasteiger partial charge in [-0.3, -0.25) is 9.78 Å². The molecule has 0 saturated heterocycles. The zero-order valence-corrected chi connectivity index (χ0v) is 17.8. The van der Waals surface area contributed by atoms with Gasteiger partial charge in [-0.15, -0.1) is 10.2 Å². The third-order valence-electron chi connectivity index (χ3n) is 5.40. The number of aromatic nitrogens is 6. The van der Waals surface area contributed by atoms with Gasteiger partial charge in [-0.25, -0.2) is 0 Å². The fourth-order valence-corrected chi connectivity index (χ4v) is 3.80. The smallest absolute Gasteiger partial charge is 0.230 e. The van der Waals surface area contributed by atoms with Crippen molar-refractivity contribution in [1.82, 2.24) is 30.0 Å². The number of hydrogen-bond acceptors (Lipinski definition) is 7. The molecule has 6 rings (SSSR count). The number of hydrogen-bond donors (Lipinski definition) is 1. The Balaban J connectivity index is 1.26. The maximum atomic E-state index is 12.7. The molecular weight excluding hydrogens is 430 g/mol. The van der Waals surface area contributed by atoms with Gasteiger partial charge in [0.05, 0.1) is 12.1 Å². The molecule has 0 radical (unpaired) electrons. The number of nitrogens with zero attached hydrogens (tertiary/aromatic N) is 6. The summed E-state index contributed by atoms with van der Waals surface area (Å²) in [7, 11) is 0. The summed E-state index contributed by atoms with van der Waals surface area (Å²) < 4.78 is 6.98. The molecule has 0 spiro atoms. The number of carbonyl (C=O) groups is 1. The van der Waals surface area contributed by atoms with Crippen molar-refractivity contribution in [2.75, 3.05) is 5.32 Å². The van der Waals surface area contributed by atoms with Gasteiger partial charge in [-0.1, -0.05) is 29.4 Å². The predicted molar refractivity (Wildman–Crippen MR) is 126 cm³/mol. The van der Waals surface area contributed by atoms with E-state index in [1.54, 1.807) is 16.9 Å². The zero-order chi connectivity index (χ0) is 22.9. The van der Waals surface area contributed by atoms with E-state index >= 15 is 0 Å². The highest BCUT2D eigenvalue weighted by Gasteiger charge is 2.14. The summed E-state index contributed by atoms with van der Waals surface area (Å²) >= 11 is 0. The van der Waals surface area contributed by atoms with Crippen LogP contribution in [0.15, 0.2) is 89.7 Å². The fourth-order valence-electron chi connectivity index (χ4n) is 3.80. The quantitative estimate of drug-likeness (QED) is 0.422. The number of anilines is 1. The third kappa shape index (κ3) is 3.65. The monoisotopic (exact) mass is 447 g/mol. The van der Waals surface area contributed by atoms with Crippen LogP contribution >= 0.6 is 0 Å². The summed E-state index contributed by atoms with van der Waals surface area (Å²) in [6.45, 7) is 0. The highest BCUT2D eigenvalue weighted by molar-refractivity contribution is 5.95. The number of amides is 1. The molecule has 0 unspecified atom stereocenters. The van der Waals surface area contributed by atoms with Crippen molar-refractivity contribution in [1.29, 1.82) is 0 Å². The van der Waals surface area contributed by atoms with Crippen LogP contribution < -0.4 is 5.32 Å². The number of para-hydroxylation sites is 1. The van der Waals surface area contributed by atoms with Gasteiger partial charge in [0.1, 0.15) is 5.69 Å². The van der Waals surface area contributed by atoms with Gasteiger partial charge in [-0.2, -0.15) is 9.61 Å². The summed E-state index contributed by atoms with van der Waals surface area (Å²) in [5.41, 5.74) is 4.94. The minimum Gasteiger partial charge on any atom is -0.356 e. The number of carbonyl (C=O) groups excluding carboxylic acids is 1. The van der Waals surface area contributed by atoms with E-state index in [2.05, 4.69) is 25.7 Å². The van der Waals surface area contributed by atoms with E-state index in [0.29, 0.717) is 28.4 Å². The molecule has 9 nitrogen and oxygen atoms in total. The normalized spacial score (nSPS) is 11.2. The van der Waals surface area contributed by atoms with Crippen molar-refractivity contribution in [3.05, 3.63) is 90.9 Å². The van der Waals surface area contributed by atoms with E-state index in [9.17, 15) is 4.79 Å². The Morgan fingerprint density at radius 3 is 2.76 bits per heavy atom. The summed E-state index contributed by atoms with van der Waals surface area (Å²) in [6, 6.07) is 22.5. The highest BCUT2D eigenvalue weighted by atomic mass is 16.5. The predicted octanol–water partition coefficient (Wildman–Crippen LogP) is 4.18. The molecule has 0 aliphatic heterocycles. The van der Waals surface area contributed by atoms with Crippen LogP contribution in [0.2, 0.25) is 0 Å². The van der Waals surface area contributed by atoms with Crippen LogP contribution in [0.4, 0.5) is 5.69 Å². The first kappa shape index (κ1) is 19.7. The third-order valence-corrected chi connectivity index (χ3v) is 5.40. The summed E-state index contributed by atoms with van der Waals surface area (Å²) in [5, 5.41) is 21.0. The molecule has 0 aliphatic rings. The van der Waals surface area contributed by atoms with E-state index in [1.807, 2.05) is 72.8 Å². The molecule has 9 heteroatoms. The summed E-state index contributed by atoms with van der Waals surface area (Å²) in [6.07, 6.45) is 3.54. The number of nitrogens with one attached hydrogen (secondary N) is 1. The van der Waals surface area contributed by atoms with E-state index in [1.165, 1.54) is 0 Å². The van der Waals surface area contributed by atoms with Crippen LogP contribution in [0.5, 0.6) is 0 Å². The maximum Gasteiger partial charge on any atom is 0.230 e. The molecule has 0 atom stereocenters. The number of benzene rings is 2. The molecule has 34 heavy (non-hydrogen) atoms. The van der Waals surface area contributed by atoms with E-state index in [4.69, 9.17) is 9.62 Å². The molecule has 1 amide bonds. The second-order valence-electron chi connectivity index (χ2n) is 7.69. The Morgan fingerprint density at radius 1 is 0.941 bits per heavy atom. The SMILES string of the molecule is O=C(Cc1noc2ccccc12)Nc1cccc(-c2ccc3nnc(-c4cccnc4)n3n2)c1. The van der Waals surface area contributed by atoms with Gasteiger partial charge in [0.2, 0.25) is 5.91 Å². The Morgan fingerprint density at radius 2 is 1.85 bits per heavy atom. The largest absolute Gasteiger partial charge is 0.356 e. The first-order valence-corrected chi connectivity index (χ1v) is 10.6. The zero-order valence-electron chi connectivity index (χ0n) is 17.8. The van der Waals surface area contributed by atoms with Gasteiger partial charge in [-0.05, 0) is 48.5 Å². The van der Waals surface area contributed by atoms with Crippen LogP contribution in [0.1, 0.15) is 5.69 Å². The lowest BCUT2D eigenvalue weighted by atomic mass is 10.1. The lowest BCUT2D eigenvalue weighted by Gasteiger charge is -2.07. The number of pyridine rings is 1. The first-order valence-electron chi connectivity index (χ1n) is 10.6. The molecular formula is C25H17N7O2. The molecule has 0 fully saturated rings. The Bertz CT molecular complexity index is 1640. The molecule has 6 aromatic rings. The molecule has 0 aliphatic carbocycles. The summed E-state index contributed by atoms with van der Waals surface area (Å²) in [4.78, 5) is 16.8. The standard InChI is InChI=1S/C25H17N7O2/c33-24(14-21-19-8-1-2-9-22(19)34-31-21)27-18-7-3-5-16(13-18)20-10-11-23-28-29-25(32(23)30-20)17-6-4-12-26-15-17/h1-13,15H,14H2,(H,27,33). The second kappa shape index (κ2) is 8.21. The van der Waals surface area contributed by atoms with Crippen LogP contribution in [0.3, 0.4) is 0 Å². The van der Waals surface area contributed by atoms with Gasteiger partial charge in [0.15, 0.2) is 17.1 Å². The van der Waals surface area contributed by atoms with E-state index < -0.39 is 0 Å². The molecule has 2 aromatic carbocycles. The average Bonchev–Trinajstić information content (AvgIpc) is 3.49. The molecule has 164 valence electrons. The van der Waals surface area contributed by atoms with Crippen molar-refractivity contribution in [2.45, 2.75) is 6.42 Å². The molecule has 1 N–H and O–H groups in total. The lowest BCUT2D eigenvalue weighted by Crippen LogP contribution is -2.14. The van der Waals surface area contributed by atoms with Gasteiger partial charge in [0.25, 0.3) is 0 Å². The van der Waals surface area contributed by atoms with Crippen molar-refractivity contribution in [2.24, 2.45) is 0 Å². The van der Waals surface area contributed by atoms with E-state index in [-0.39, 0.29) is 12.3 Å². The van der Waals surface area contributed by atoms with E-state index in [0.717, 1.165) is 22.2 Å². The summed E-state index contributed by atoms with van der Waals surface area (Å²) in [5.74, 6) is 0.423.